The highest BCUT2D eigenvalue weighted by Gasteiger charge is 2.28. The summed E-state index contributed by atoms with van der Waals surface area (Å²) in [4.78, 5) is 2.16. The largest absolute Gasteiger partial charge is 0.384 e. The summed E-state index contributed by atoms with van der Waals surface area (Å²) in [5.74, 6) is 0. The smallest absolute Gasteiger partial charge is 0.125 e. The van der Waals surface area contributed by atoms with Crippen LogP contribution in [0.2, 0.25) is 0 Å². The van der Waals surface area contributed by atoms with Gasteiger partial charge in [0.1, 0.15) is 12.2 Å². The molecule has 2 atom stereocenters. The van der Waals surface area contributed by atoms with Crippen LogP contribution in [0.4, 0.5) is 0 Å². The summed E-state index contributed by atoms with van der Waals surface area (Å²) in [5, 5.41) is 18.1. The first-order valence-electron chi connectivity index (χ1n) is 6.09. The summed E-state index contributed by atoms with van der Waals surface area (Å²) >= 11 is 0. The average molecular weight is 240 g/mol. The molecule has 6 heteroatoms. The molecule has 1 aromatic heterocycles. The third-order valence-corrected chi connectivity index (χ3v) is 3.03. The summed E-state index contributed by atoms with van der Waals surface area (Å²) < 4.78 is 7.36. The zero-order valence-electron chi connectivity index (χ0n) is 10.4. The van der Waals surface area contributed by atoms with Gasteiger partial charge in [-0.1, -0.05) is 12.1 Å². The Morgan fingerprint density at radius 2 is 2.47 bits per heavy atom. The lowest BCUT2D eigenvalue weighted by Gasteiger charge is -2.32. The quantitative estimate of drug-likeness (QED) is 0.806. The van der Waals surface area contributed by atoms with Crippen molar-refractivity contribution in [1.29, 1.82) is 0 Å². The Kier molecular flexibility index (Phi) is 4.09. The van der Waals surface area contributed by atoms with Gasteiger partial charge < -0.3 is 14.7 Å². The second kappa shape index (κ2) is 5.57. The van der Waals surface area contributed by atoms with Gasteiger partial charge in [-0.25, -0.2) is 4.68 Å². The maximum Gasteiger partial charge on any atom is 0.125 e. The zero-order chi connectivity index (χ0) is 12.3. The van der Waals surface area contributed by atoms with Crippen molar-refractivity contribution in [2.45, 2.75) is 32.1 Å². The molecule has 0 radical (unpaired) electrons. The van der Waals surface area contributed by atoms with Gasteiger partial charge in [-0.3, -0.25) is 0 Å². The van der Waals surface area contributed by atoms with Crippen LogP contribution in [0, 0.1) is 0 Å². The van der Waals surface area contributed by atoms with E-state index in [-0.39, 0.29) is 6.10 Å². The number of aromatic nitrogens is 3. The molecular weight excluding hydrogens is 220 g/mol. The van der Waals surface area contributed by atoms with Crippen molar-refractivity contribution in [2.24, 2.45) is 0 Å². The summed E-state index contributed by atoms with van der Waals surface area (Å²) in [5.41, 5.74) is 0.743. The van der Waals surface area contributed by atoms with E-state index in [2.05, 4.69) is 22.1 Å². The molecule has 0 aliphatic carbocycles. The molecule has 0 aromatic carbocycles. The minimum Gasteiger partial charge on any atom is -0.384 e. The molecule has 6 nitrogen and oxygen atoms in total. The van der Waals surface area contributed by atoms with E-state index < -0.39 is 6.10 Å². The lowest BCUT2D eigenvalue weighted by Crippen LogP contribution is -2.43. The van der Waals surface area contributed by atoms with Crippen molar-refractivity contribution in [3.8, 4) is 0 Å². The van der Waals surface area contributed by atoms with Crippen LogP contribution in [0.25, 0.3) is 0 Å². The van der Waals surface area contributed by atoms with Crippen molar-refractivity contribution in [3.05, 3.63) is 11.9 Å². The number of nitrogens with zero attached hydrogens (tertiary/aromatic N) is 4. The normalized spacial score (nSPS) is 23.8. The highest BCUT2D eigenvalue weighted by molar-refractivity contribution is 5.02. The summed E-state index contributed by atoms with van der Waals surface area (Å²) in [6.45, 7) is 5.15. The Bertz CT molecular complexity index is 355. The second-order valence-electron chi connectivity index (χ2n) is 4.50. The van der Waals surface area contributed by atoms with E-state index in [0.29, 0.717) is 6.61 Å². The molecule has 2 unspecified atom stereocenters. The molecule has 1 fully saturated rings. The predicted molar refractivity (Wildman–Crippen MR) is 62.5 cm³/mol. The van der Waals surface area contributed by atoms with Crippen molar-refractivity contribution < 1.29 is 9.84 Å². The number of rotatable bonds is 4. The average Bonchev–Trinajstić information content (AvgIpc) is 2.77. The molecule has 1 aromatic rings. The topological polar surface area (TPSA) is 63.4 Å². The maximum absolute atomic E-state index is 10.3. The van der Waals surface area contributed by atoms with Crippen LogP contribution < -0.4 is 0 Å². The van der Waals surface area contributed by atoms with E-state index >= 15 is 0 Å². The molecule has 0 spiro atoms. The first-order valence-corrected chi connectivity index (χ1v) is 6.09. The molecule has 1 saturated heterocycles. The van der Waals surface area contributed by atoms with Gasteiger partial charge in [-0.05, 0) is 13.5 Å². The molecular formula is C11H20N4O2. The van der Waals surface area contributed by atoms with E-state index in [4.69, 9.17) is 4.74 Å². The Balaban J connectivity index is 2.07. The van der Waals surface area contributed by atoms with E-state index in [1.165, 1.54) is 0 Å². The molecule has 1 aliphatic heterocycles. The fourth-order valence-electron chi connectivity index (χ4n) is 2.07. The first kappa shape index (κ1) is 12.5. The number of ether oxygens (including phenoxy) is 1. The zero-order valence-corrected chi connectivity index (χ0v) is 10.4. The predicted octanol–water partition coefficient (Wildman–Crippen LogP) is 0.0521. The van der Waals surface area contributed by atoms with E-state index in [0.717, 1.165) is 31.7 Å². The molecule has 17 heavy (non-hydrogen) atoms. The Hall–Kier alpha value is -0.980. The monoisotopic (exact) mass is 240 g/mol. The van der Waals surface area contributed by atoms with Crippen LogP contribution in [-0.4, -0.2) is 57.8 Å². The fourth-order valence-corrected chi connectivity index (χ4v) is 2.07. The van der Waals surface area contributed by atoms with Gasteiger partial charge in [0.25, 0.3) is 0 Å². The molecule has 0 bridgehead atoms. The summed E-state index contributed by atoms with van der Waals surface area (Å²) in [7, 11) is 2.03. The van der Waals surface area contributed by atoms with Crippen LogP contribution >= 0.6 is 0 Å². The number of morpholine rings is 1. The van der Waals surface area contributed by atoms with Gasteiger partial charge in [0.05, 0.1) is 18.5 Å². The number of hydrogen-bond acceptors (Lipinski definition) is 5. The number of aliphatic hydroxyl groups excluding tert-OH is 1. The Labute approximate surface area is 101 Å². The van der Waals surface area contributed by atoms with Crippen molar-refractivity contribution in [2.75, 3.05) is 26.7 Å². The van der Waals surface area contributed by atoms with Crippen LogP contribution in [0.1, 0.15) is 25.1 Å². The Morgan fingerprint density at radius 3 is 3.18 bits per heavy atom. The summed E-state index contributed by atoms with van der Waals surface area (Å²) in [6, 6.07) is 0. The lowest BCUT2D eigenvalue weighted by molar-refractivity contribution is -0.0869. The molecule has 0 saturated carbocycles. The van der Waals surface area contributed by atoms with E-state index in [9.17, 15) is 5.11 Å². The minimum atomic E-state index is -0.653. The molecule has 0 amide bonds. The standard InChI is InChI=1S/C11H20N4O2/c1-3-4-15-9(7-12-13-15)11(16)10-8-14(2)5-6-17-10/h7,10-11,16H,3-6,8H2,1-2H3. The molecule has 1 aliphatic rings. The van der Waals surface area contributed by atoms with Gasteiger partial charge in [-0.15, -0.1) is 5.10 Å². The molecule has 1 N–H and O–H groups in total. The van der Waals surface area contributed by atoms with Crippen molar-refractivity contribution >= 4 is 0 Å². The van der Waals surface area contributed by atoms with Crippen molar-refractivity contribution in [1.82, 2.24) is 19.9 Å². The highest BCUT2D eigenvalue weighted by Crippen LogP contribution is 2.21. The van der Waals surface area contributed by atoms with Crippen LogP contribution in [0.5, 0.6) is 0 Å². The minimum absolute atomic E-state index is 0.192. The SMILES string of the molecule is CCCn1nncc1C(O)C1CN(C)CCO1. The second-order valence-corrected chi connectivity index (χ2v) is 4.50. The molecule has 2 heterocycles. The number of likely N-dealkylation sites (N-methyl/N-ethyl adjacent to an activating group) is 1. The number of aryl methyl sites for hydroxylation is 1. The van der Waals surface area contributed by atoms with Crippen LogP contribution in [-0.2, 0) is 11.3 Å². The van der Waals surface area contributed by atoms with Gasteiger partial charge in [0.15, 0.2) is 0 Å². The van der Waals surface area contributed by atoms with Crippen molar-refractivity contribution in [3.63, 3.8) is 0 Å². The molecule has 96 valence electrons. The third kappa shape index (κ3) is 2.83. The van der Waals surface area contributed by atoms with E-state index in [1.807, 2.05) is 7.05 Å². The maximum atomic E-state index is 10.3. The Morgan fingerprint density at radius 1 is 1.65 bits per heavy atom. The van der Waals surface area contributed by atoms with Crippen LogP contribution in [0.3, 0.4) is 0 Å². The third-order valence-electron chi connectivity index (χ3n) is 3.03. The van der Waals surface area contributed by atoms with Gasteiger partial charge in [-0.2, -0.15) is 0 Å². The van der Waals surface area contributed by atoms with Gasteiger partial charge in [0, 0.05) is 19.6 Å². The first-order chi connectivity index (χ1) is 8.22. The molecule has 2 rings (SSSR count). The van der Waals surface area contributed by atoms with Crippen LogP contribution in [0.15, 0.2) is 6.20 Å². The van der Waals surface area contributed by atoms with Gasteiger partial charge in [0.2, 0.25) is 0 Å². The van der Waals surface area contributed by atoms with E-state index in [1.54, 1.807) is 10.9 Å². The summed E-state index contributed by atoms with van der Waals surface area (Å²) in [6.07, 6.45) is 1.74. The number of hydrogen-bond donors (Lipinski definition) is 1. The lowest BCUT2D eigenvalue weighted by atomic mass is 10.1. The van der Waals surface area contributed by atoms with Gasteiger partial charge >= 0.3 is 0 Å². The fraction of sp³-hybridized carbons (Fsp3) is 0.818. The highest BCUT2D eigenvalue weighted by atomic mass is 16.5. The number of aliphatic hydroxyl groups is 1.